The SMILES string of the molecule is COc1ccc(/C=C(\C#N)C(=O)OCC(=O)N(C)Cc2ccsc2)cc1. The fourth-order valence-corrected chi connectivity index (χ4v) is 2.72. The molecule has 134 valence electrons. The summed E-state index contributed by atoms with van der Waals surface area (Å²) >= 11 is 1.55. The lowest BCUT2D eigenvalue weighted by Gasteiger charge is -2.16. The van der Waals surface area contributed by atoms with Crippen molar-refractivity contribution in [2.75, 3.05) is 20.8 Å². The lowest BCUT2D eigenvalue weighted by molar-refractivity contribution is -0.148. The van der Waals surface area contributed by atoms with Gasteiger partial charge in [0.25, 0.3) is 5.91 Å². The molecule has 0 unspecified atom stereocenters. The first-order valence-electron chi connectivity index (χ1n) is 7.71. The number of hydrogen-bond acceptors (Lipinski definition) is 6. The summed E-state index contributed by atoms with van der Waals surface area (Å²) in [6, 6.07) is 10.6. The summed E-state index contributed by atoms with van der Waals surface area (Å²) in [5.74, 6) is -0.505. The second kappa shape index (κ2) is 9.39. The third kappa shape index (κ3) is 5.46. The van der Waals surface area contributed by atoms with Crippen LogP contribution in [0, 0.1) is 11.3 Å². The molecule has 1 amide bonds. The molecule has 26 heavy (non-hydrogen) atoms. The molecule has 1 heterocycles. The van der Waals surface area contributed by atoms with Crippen LogP contribution in [-0.2, 0) is 20.9 Å². The number of benzene rings is 1. The summed E-state index contributed by atoms with van der Waals surface area (Å²) in [5.41, 5.74) is 1.48. The second-order valence-corrected chi connectivity index (χ2v) is 6.18. The molecule has 0 bridgehead atoms. The molecule has 0 saturated heterocycles. The van der Waals surface area contributed by atoms with Gasteiger partial charge in [0.05, 0.1) is 7.11 Å². The highest BCUT2D eigenvalue weighted by Gasteiger charge is 2.16. The Morgan fingerprint density at radius 3 is 2.58 bits per heavy atom. The second-order valence-electron chi connectivity index (χ2n) is 5.40. The van der Waals surface area contributed by atoms with Crippen LogP contribution in [0.25, 0.3) is 6.08 Å². The Balaban J connectivity index is 1.92. The quantitative estimate of drug-likeness (QED) is 0.425. The van der Waals surface area contributed by atoms with Gasteiger partial charge in [0.15, 0.2) is 6.61 Å². The summed E-state index contributed by atoms with van der Waals surface area (Å²) in [6.07, 6.45) is 1.40. The van der Waals surface area contributed by atoms with Crippen LogP contribution in [-0.4, -0.2) is 37.5 Å². The number of methoxy groups -OCH3 is 1. The Hall–Kier alpha value is -3.11. The van der Waals surface area contributed by atoms with E-state index in [-0.39, 0.29) is 11.5 Å². The molecule has 0 atom stereocenters. The normalized spacial score (nSPS) is 10.7. The van der Waals surface area contributed by atoms with Crippen LogP contribution in [0.4, 0.5) is 0 Å². The maximum atomic E-state index is 12.0. The average molecular weight is 370 g/mol. The van der Waals surface area contributed by atoms with Gasteiger partial charge >= 0.3 is 5.97 Å². The number of hydrogen-bond donors (Lipinski definition) is 0. The van der Waals surface area contributed by atoms with Crippen LogP contribution in [0.2, 0.25) is 0 Å². The number of carbonyl (C=O) groups is 2. The zero-order chi connectivity index (χ0) is 18.9. The molecule has 2 aromatic rings. The molecule has 0 aliphatic carbocycles. The number of carbonyl (C=O) groups excluding carboxylic acids is 2. The van der Waals surface area contributed by atoms with E-state index in [4.69, 9.17) is 14.7 Å². The minimum absolute atomic E-state index is 0.177. The van der Waals surface area contributed by atoms with E-state index in [0.717, 1.165) is 5.56 Å². The molecular weight excluding hydrogens is 352 g/mol. The molecular formula is C19H18N2O4S. The number of thiophene rings is 1. The molecule has 0 radical (unpaired) electrons. The summed E-state index contributed by atoms with van der Waals surface area (Å²) in [7, 11) is 3.18. The Kier molecular flexibility index (Phi) is 6.94. The van der Waals surface area contributed by atoms with Gasteiger partial charge in [0, 0.05) is 13.6 Å². The summed E-state index contributed by atoms with van der Waals surface area (Å²) in [5, 5.41) is 13.0. The predicted molar refractivity (Wildman–Crippen MR) is 98.3 cm³/mol. The lowest BCUT2D eigenvalue weighted by Crippen LogP contribution is -2.30. The van der Waals surface area contributed by atoms with Crippen molar-refractivity contribution in [1.29, 1.82) is 5.26 Å². The Morgan fingerprint density at radius 2 is 2.00 bits per heavy atom. The minimum Gasteiger partial charge on any atom is -0.497 e. The average Bonchev–Trinajstić information content (AvgIpc) is 3.17. The molecule has 0 fully saturated rings. The highest BCUT2D eigenvalue weighted by molar-refractivity contribution is 7.07. The van der Waals surface area contributed by atoms with Crippen molar-refractivity contribution in [3.8, 4) is 11.8 Å². The Labute approximate surface area is 155 Å². The van der Waals surface area contributed by atoms with E-state index in [1.807, 2.05) is 16.8 Å². The first-order valence-corrected chi connectivity index (χ1v) is 8.65. The number of likely N-dealkylation sites (N-methyl/N-ethyl adjacent to an activating group) is 1. The molecule has 0 aliphatic heterocycles. The highest BCUT2D eigenvalue weighted by atomic mass is 32.1. The van der Waals surface area contributed by atoms with Crippen molar-refractivity contribution in [3.05, 3.63) is 57.8 Å². The van der Waals surface area contributed by atoms with Crippen molar-refractivity contribution in [2.24, 2.45) is 0 Å². The van der Waals surface area contributed by atoms with Gasteiger partial charge in [-0.3, -0.25) is 4.79 Å². The Morgan fingerprint density at radius 1 is 1.27 bits per heavy atom. The zero-order valence-corrected chi connectivity index (χ0v) is 15.3. The summed E-state index contributed by atoms with van der Waals surface area (Å²) < 4.78 is 10.0. The number of ether oxygens (including phenoxy) is 2. The zero-order valence-electron chi connectivity index (χ0n) is 14.5. The van der Waals surface area contributed by atoms with Crippen molar-refractivity contribution >= 4 is 29.3 Å². The molecule has 2 rings (SSSR count). The van der Waals surface area contributed by atoms with E-state index in [0.29, 0.717) is 17.9 Å². The molecule has 6 nitrogen and oxygen atoms in total. The third-order valence-electron chi connectivity index (χ3n) is 3.52. The van der Waals surface area contributed by atoms with Gasteiger partial charge in [-0.1, -0.05) is 12.1 Å². The molecule has 1 aromatic carbocycles. The first kappa shape index (κ1) is 19.2. The largest absolute Gasteiger partial charge is 0.497 e. The van der Waals surface area contributed by atoms with Gasteiger partial charge in [-0.2, -0.15) is 16.6 Å². The van der Waals surface area contributed by atoms with Crippen molar-refractivity contribution in [3.63, 3.8) is 0 Å². The van der Waals surface area contributed by atoms with Gasteiger partial charge in [0.1, 0.15) is 17.4 Å². The molecule has 0 N–H and O–H groups in total. The van der Waals surface area contributed by atoms with E-state index in [9.17, 15) is 9.59 Å². The summed E-state index contributed by atoms with van der Waals surface area (Å²) in [4.78, 5) is 25.6. The number of nitriles is 1. The molecule has 0 aliphatic rings. The maximum absolute atomic E-state index is 12.0. The Bertz CT molecular complexity index is 820. The fourth-order valence-electron chi connectivity index (χ4n) is 2.06. The molecule has 0 spiro atoms. The smallest absolute Gasteiger partial charge is 0.349 e. The first-order chi connectivity index (χ1) is 12.5. The van der Waals surface area contributed by atoms with Gasteiger partial charge in [-0.25, -0.2) is 4.79 Å². The van der Waals surface area contributed by atoms with Gasteiger partial charge in [-0.05, 0) is 46.2 Å². The molecule has 0 saturated carbocycles. The van der Waals surface area contributed by atoms with Crippen LogP contribution in [0.5, 0.6) is 5.75 Å². The van der Waals surface area contributed by atoms with E-state index >= 15 is 0 Å². The van der Waals surface area contributed by atoms with E-state index < -0.39 is 12.6 Å². The predicted octanol–water partition coefficient (Wildman–Crippen LogP) is 2.87. The van der Waals surface area contributed by atoms with E-state index in [2.05, 4.69) is 0 Å². The maximum Gasteiger partial charge on any atom is 0.349 e. The number of esters is 1. The van der Waals surface area contributed by atoms with E-state index in [1.165, 1.54) is 11.0 Å². The third-order valence-corrected chi connectivity index (χ3v) is 4.25. The fraction of sp³-hybridized carbons (Fsp3) is 0.211. The van der Waals surface area contributed by atoms with Gasteiger partial charge in [-0.15, -0.1) is 0 Å². The van der Waals surface area contributed by atoms with Crippen LogP contribution in [0.15, 0.2) is 46.7 Å². The van der Waals surface area contributed by atoms with Crippen molar-refractivity contribution in [1.82, 2.24) is 4.90 Å². The van der Waals surface area contributed by atoms with Crippen LogP contribution in [0.1, 0.15) is 11.1 Å². The van der Waals surface area contributed by atoms with Crippen LogP contribution >= 0.6 is 11.3 Å². The number of amides is 1. The minimum atomic E-state index is -0.833. The van der Waals surface area contributed by atoms with Crippen molar-refractivity contribution in [2.45, 2.75) is 6.54 Å². The van der Waals surface area contributed by atoms with Gasteiger partial charge < -0.3 is 14.4 Å². The van der Waals surface area contributed by atoms with Crippen molar-refractivity contribution < 1.29 is 19.1 Å². The molecule has 7 heteroatoms. The van der Waals surface area contributed by atoms with Crippen LogP contribution < -0.4 is 4.74 Å². The number of nitrogens with zero attached hydrogens (tertiary/aromatic N) is 2. The highest BCUT2D eigenvalue weighted by Crippen LogP contribution is 2.14. The summed E-state index contributed by atoms with van der Waals surface area (Å²) in [6.45, 7) is 0.0216. The molecule has 1 aromatic heterocycles. The van der Waals surface area contributed by atoms with E-state index in [1.54, 1.807) is 55.8 Å². The lowest BCUT2D eigenvalue weighted by atomic mass is 10.1. The standard InChI is InChI=1S/C19H18N2O4S/c1-21(11-15-7-8-26-13-15)18(22)12-25-19(23)16(10-20)9-14-3-5-17(24-2)6-4-14/h3-9,13H,11-12H2,1-2H3/b16-9+. The topological polar surface area (TPSA) is 79.6 Å². The monoisotopic (exact) mass is 370 g/mol. The van der Waals surface area contributed by atoms with Gasteiger partial charge in [0.2, 0.25) is 0 Å². The number of rotatable bonds is 7. The van der Waals surface area contributed by atoms with Crippen LogP contribution in [0.3, 0.4) is 0 Å².